The van der Waals surface area contributed by atoms with Crippen LogP contribution in [0.25, 0.3) is 11.0 Å². The Labute approximate surface area is 370 Å². The van der Waals surface area contributed by atoms with Crippen LogP contribution in [0.15, 0.2) is 144 Å². The van der Waals surface area contributed by atoms with Crippen molar-refractivity contribution in [2.45, 2.75) is 172 Å². The Morgan fingerprint density at radius 1 is 0.475 bits per heavy atom. The summed E-state index contributed by atoms with van der Waals surface area (Å²) >= 11 is 0. The molecule has 1 aromatic carbocycles. The van der Waals surface area contributed by atoms with E-state index in [-0.39, 0.29) is 13.2 Å². The monoisotopic (exact) mass is 833 g/mol. The van der Waals surface area contributed by atoms with E-state index in [0.717, 1.165) is 95.3 Å². The highest BCUT2D eigenvalue weighted by Crippen LogP contribution is 2.20. The summed E-state index contributed by atoms with van der Waals surface area (Å²) in [6.45, 7) is 22.3. The van der Waals surface area contributed by atoms with E-state index in [9.17, 15) is 9.59 Å². The van der Waals surface area contributed by atoms with Crippen molar-refractivity contribution in [3.63, 3.8) is 0 Å². The molecule has 0 amide bonds. The number of ether oxygens (including phenoxy) is 2. The minimum absolute atomic E-state index is 0.214. The SMILES string of the molecule is CC(C)=CCC/C(C)=C/CC/C(C)=C/CC/C(C)=C/CC/C(C)=C/CC/C(C)=C/CC/C(C)=C/CC/C(C)=C/CC/C(C)=C/COC(=O)COc1ccc2ccc(=O)oc2c1. The highest BCUT2D eigenvalue weighted by atomic mass is 16.6. The first-order valence-corrected chi connectivity index (χ1v) is 22.9. The molecule has 0 fully saturated rings. The summed E-state index contributed by atoms with van der Waals surface area (Å²) in [6, 6.07) is 8.16. The molecule has 0 atom stereocenters. The lowest BCUT2D eigenvalue weighted by molar-refractivity contribution is -0.144. The molecule has 5 nitrogen and oxygen atoms in total. The zero-order valence-electron chi connectivity index (χ0n) is 39.9. The number of hydrogen-bond acceptors (Lipinski definition) is 5. The van der Waals surface area contributed by atoms with Crippen molar-refractivity contribution < 1.29 is 18.7 Å². The maximum atomic E-state index is 12.2. The molecule has 0 N–H and O–H groups in total. The summed E-state index contributed by atoms with van der Waals surface area (Å²) in [5.74, 6) is -0.0105. The quantitative estimate of drug-likeness (QED) is 0.0464. The van der Waals surface area contributed by atoms with Crippen LogP contribution in [0.5, 0.6) is 5.75 Å². The van der Waals surface area contributed by atoms with Crippen molar-refractivity contribution in [2.24, 2.45) is 0 Å². The third-order valence-electron chi connectivity index (χ3n) is 10.9. The van der Waals surface area contributed by atoms with Gasteiger partial charge in [-0.3, -0.25) is 0 Å². The van der Waals surface area contributed by atoms with Gasteiger partial charge in [0.05, 0.1) is 0 Å². The number of esters is 1. The molecule has 0 aliphatic rings. The summed E-state index contributed by atoms with van der Waals surface area (Å²) in [7, 11) is 0. The second-order valence-electron chi connectivity index (χ2n) is 17.4. The van der Waals surface area contributed by atoms with Gasteiger partial charge in [-0.15, -0.1) is 0 Å². The maximum Gasteiger partial charge on any atom is 0.344 e. The summed E-state index contributed by atoms with van der Waals surface area (Å²) in [5, 5.41) is 0.784. The second-order valence-corrected chi connectivity index (χ2v) is 17.4. The van der Waals surface area contributed by atoms with Gasteiger partial charge in [-0.1, -0.05) is 98.8 Å². The standard InChI is InChI=1S/C56H80O5/c1-43(2)19-11-20-44(3)21-12-22-45(4)23-13-24-46(5)25-14-26-47(6)27-15-28-48(7)29-16-30-49(8)31-17-32-50(9)33-18-34-51(10)39-40-59-56(58)42-60-53-37-35-52-36-38-55(57)61-54(52)41-53/h19,21,23,25,27,29,31,33,35-39,41H,11-18,20,22,24,26,28,30,32,34,40,42H2,1-10H3/b44-21+,45-23+,46-25+,47-27+,48-29+,49-31+,50-33+,51-39+. The largest absolute Gasteiger partial charge is 0.482 e. The Morgan fingerprint density at radius 3 is 1.20 bits per heavy atom. The van der Waals surface area contributed by atoms with Crippen molar-refractivity contribution in [1.29, 1.82) is 0 Å². The van der Waals surface area contributed by atoms with Gasteiger partial charge >= 0.3 is 11.6 Å². The first-order chi connectivity index (χ1) is 29.2. The van der Waals surface area contributed by atoms with E-state index in [0.29, 0.717) is 11.3 Å². The van der Waals surface area contributed by atoms with Crippen LogP contribution in [0, 0.1) is 0 Å². The molecule has 2 rings (SSSR count). The van der Waals surface area contributed by atoms with Gasteiger partial charge in [0.2, 0.25) is 0 Å². The lowest BCUT2D eigenvalue weighted by Gasteiger charge is -2.07. The molecule has 61 heavy (non-hydrogen) atoms. The minimum atomic E-state index is -0.451. The van der Waals surface area contributed by atoms with Crippen LogP contribution in [0.4, 0.5) is 0 Å². The molecule has 2 aromatic rings. The van der Waals surface area contributed by atoms with Crippen LogP contribution in [0.3, 0.4) is 0 Å². The third kappa shape index (κ3) is 27.0. The van der Waals surface area contributed by atoms with Crippen molar-refractivity contribution >= 4 is 16.9 Å². The Balaban J connectivity index is 1.54. The van der Waals surface area contributed by atoms with Gasteiger partial charge in [-0.2, -0.15) is 0 Å². The lowest BCUT2D eigenvalue weighted by Crippen LogP contribution is -2.15. The lowest BCUT2D eigenvalue weighted by atomic mass is 10.0. The number of rotatable bonds is 29. The van der Waals surface area contributed by atoms with Gasteiger partial charge < -0.3 is 13.9 Å². The molecule has 0 aliphatic carbocycles. The number of carbonyl (C=O) groups is 1. The summed E-state index contributed by atoms with van der Waals surface area (Å²) in [6.07, 6.45) is 39.0. The number of allylic oxidation sites excluding steroid dienone is 17. The summed E-state index contributed by atoms with van der Waals surface area (Å²) in [4.78, 5) is 23.6. The number of benzene rings is 1. The van der Waals surface area contributed by atoms with Gasteiger partial charge in [0.25, 0.3) is 0 Å². The fourth-order valence-corrected chi connectivity index (χ4v) is 6.82. The topological polar surface area (TPSA) is 65.7 Å². The van der Waals surface area contributed by atoms with Crippen molar-refractivity contribution in [3.05, 3.63) is 146 Å². The molecule has 1 heterocycles. The van der Waals surface area contributed by atoms with Crippen molar-refractivity contribution in [2.75, 3.05) is 13.2 Å². The fraction of sp³-hybridized carbons (Fsp3) is 0.500. The van der Waals surface area contributed by atoms with Crippen LogP contribution in [-0.4, -0.2) is 19.2 Å². The highest BCUT2D eigenvalue weighted by molar-refractivity contribution is 5.78. The molecule has 1 aromatic heterocycles. The fourth-order valence-electron chi connectivity index (χ4n) is 6.82. The average Bonchev–Trinajstić information content (AvgIpc) is 3.19. The van der Waals surface area contributed by atoms with E-state index in [1.165, 1.54) is 69.1 Å². The maximum absolute atomic E-state index is 12.2. The molecule has 334 valence electrons. The molecule has 0 radical (unpaired) electrons. The van der Waals surface area contributed by atoms with Gasteiger partial charge in [-0.05, 0) is 196 Å². The zero-order valence-corrected chi connectivity index (χ0v) is 39.9. The molecule has 0 saturated carbocycles. The Kier molecular flexibility index (Phi) is 26.9. The van der Waals surface area contributed by atoms with Gasteiger partial charge in [0.1, 0.15) is 17.9 Å². The molecular weight excluding hydrogens is 753 g/mol. The minimum Gasteiger partial charge on any atom is -0.482 e. The third-order valence-corrected chi connectivity index (χ3v) is 10.9. The van der Waals surface area contributed by atoms with E-state index in [4.69, 9.17) is 13.9 Å². The summed E-state index contributed by atoms with van der Waals surface area (Å²) in [5.41, 5.74) is 13.0. The predicted octanol–water partition coefficient (Wildman–Crippen LogP) is 16.5. The molecule has 5 heteroatoms. The zero-order chi connectivity index (χ0) is 44.8. The van der Waals surface area contributed by atoms with Crippen LogP contribution in [0.1, 0.15) is 172 Å². The average molecular weight is 833 g/mol. The van der Waals surface area contributed by atoms with E-state index < -0.39 is 11.6 Å². The van der Waals surface area contributed by atoms with E-state index in [1.54, 1.807) is 24.3 Å². The van der Waals surface area contributed by atoms with Gasteiger partial charge in [-0.25, -0.2) is 9.59 Å². The number of carbonyl (C=O) groups excluding carboxylic acids is 1. The first kappa shape index (κ1) is 52.5. The molecule has 0 unspecified atom stereocenters. The predicted molar refractivity (Wildman–Crippen MR) is 262 cm³/mol. The Hall–Kier alpha value is -4.64. The smallest absolute Gasteiger partial charge is 0.344 e. The molecular formula is C56H80O5. The number of hydrogen-bond donors (Lipinski definition) is 0. The van der Waals surface area contributed by atoms with Crippen LogP contribution in [0.2, 0.25) is 0 Å². The van der Waals surface area contributed by atoms with E-state index in [1.807, 2.05) is 6.08 Å². The van der Waals surface area contributed by atoms with Crippen LogP contribution < -0.4 is 10.4 Å². The highest BCUT2D eigenvalue weighted by Gasteiger charge is 2.06. The van der Waals surface area contributed by atoms with E-state index >= 15 is 0 Å². The molecule has 0 aliphatic heterocycles. The summed E-state index contributed by atoms with van der Waals surface area (Å²) < 4.78 is 16.0. The first-order valence-electron chi connectivity index (χ1n) is 22.9. The normalized spacial score (nSPS) is 13.9. The van der Waals surface area contributed by atoms with Crippen molar-refractivity contribution in [1.82, 2.24) is 0 Å². The second kappa shape index (κ2) is 31.2. The Morgan fingerprint density at radius 2 is 0.820 bits per heavy atom. The van der Waals surface area contributed by atoms with Crippen molar-refractivity contribution in [3.8, 4) is 5.75 Å². The molecule has 0 spiro atoms. The Bertz CT molecular complexity index is 1980. The number of fused-ring (bicyclic) bond motifs is 1. The van der Waals surface area contributed by atoms with Gasteiger partial charge in [0, 0.05) is 17.5 Å². The molecule has 0 bridgehead atoms. The van der Waals surface area contributed by atoms with Crippen LogP contribution in [-0.2, 0) is 9.53 Å². The van der Waals surface area contributed by atoms with Crippen LogP contribution >= 0.6 is 0 Å². The van der Waals surface area contributed by atoms with E-state index in [2.05, 4.69) is 118 Å². The van der Waals surface area contributed by atoms with Gasteiger partial charge in [0.15, 0.2) is 6.61 Å². The molecule has 0 saturated heterocycles.